The topological polar surface area (TPSA) is 55.8 Å². The predicted molar refractivity (Wildman–Crippen MR) is 80.4 cm³/mol. The smallest absolute Gasteiger partial charge is 0.173 e. The summed E-state index contributed by atoms with van der Waals surface area (Å²) in [6.45, 7) is 1.84. The van der Waals surface area contributed by atoms with Crippen LogP contribution in [0.5, 0.6) is 17.2 Å². The number of ether oxygens (including phenoxy) is 2. The summed E-state index contributed by atoms with van der Waals surface area (Å²) in [7, 11) is 3.08. The largest absolute Gasteiger partial charge is 0.508 e. The van der Waals surface area contributed by atoms with Gasteiger partial charge in [-0.2, -0.15) is 0 Å². The first-order chi connectivity index (χ1) is 10.1. The summed E-state index contributed by atoms with van der Waals surface area (Å²) < 4.78 is 10.3. The van der Waals surface area contributed by atoms with Crippen molar-refractivity contribution in [2.45, 2.75) is 12.8 Å². The van der Waals surface area contributed by atoms with Gasteiger partial charge in [0.2, 0.25) is 0 Å². The van der Waals surface area contributed by atoms with Gasteiger partial charge in [-0.15, -0.1) is 0 Å². The second kappa shape index (κ2) is 6.31. The van der Waals surface area contributed by atoms with E-state index in [4.69, 9.17) is 9.47 Å². The number of hydrogen-bond acceptors (Lipinski definition) is 4. The number of carbonyl (C=O) groups excluding carboxylic acids is 1. The minimum absolute atomic E-state index is 0.0583. The summed E-state index contributed by atoms with van der Waals surface area (Å²) in [5.41, 5.74) is 1.36. The monoisotopic (exact) mass is 286 g/mol. The van der Waals surface area contributed by atoms with Crippen LogP contribution < -0.4 is 9.47 Å². The van der Waals surface area contributed by atoms with Gasteiger partial charge in [-0.05, 0) is 29.8 Å². The van der Waals surface area contributed by atoms with Crippen LogP contribution in [0.1, 0.15) is 28.8 Å². The lowest BCUT2D eigenvalue weighted by Gasteiger charge is -2.14. The molecule has 0 saturated carbocycles. The summed E-state index contributed by atoms with van der Waals surface area (Å²) in [4.78, 5) is 12.6. The maximum Gasteiger partial charge on any atom is 0.173 e. The Hall–Kier alpha value is -2.49. The van der Waals surface area contributed by atoms with Crippen LogP contribution in [0.25, 0.3) is 0 Å². The number of benzene rings is 2. The number of ketones is 1. The molecule has 110 valence electrons. The molecule has 0 heterocycles. The van der Waals surface area contributed by atoms with E-state index in [0.29, 0.717) is 11.3 Å². The second-order valence-corrected chi connectivity index (χ2v) is 4.74. The molecule has 0 fully saturated rings. The highest BCUT2D eigenvalue weighted by atomic mass is 16.5. The fraction of sp³-hybridized carbons (Fsp3) is 0.235. The average molecular weight is 286 g/mol. The van der Waals surface area contributed by atoms with Crippen molar-refractivity contribution < 1.29 is 19.4 Å². The molecule has 2 aromatic rings. The highest BCUT2D eigenvalue weighted by molar-refractivity contribution is 6.03. The van der Waals surface area contributed by atoms with Gasteiger partial charge in [0.25, 0.3) is 0 Å². The van der Waals surface area contributed by atoms with Gasteiger partial charge in [0.1, 0.15) is 17.2 Å². The van der Waals surface area contributed by atoms with Crippen molar-refractivity contribution in [3.05, 3.63) is 53.6 Å². The quantitative estimate of drug-likeness (QED) is 0.856. The number of rotatable bonds is 5. The van der Waals surface area contributed by atoms with Crippen molar-refractivity contribution in [3.63, 3.8) is 0 Å². The maximum atomic E-state index is 12.6. The van der Waals surface area contributed by atoms with Crippen LogP contribution in [-0.2, 0) is 0 Å². The molecule has 0 spiro atoms. The van der Waals surface area contributed by atoms with E-state index in [1.807, 2.05) is 31.2 Å². The summed E-state index contributed by atoms with van der Waals surface area (Å²) >= 11 is 0. The lowest BCUT2D eigenvalue weighted by Crippen LogP contribution is -2.11. The van der Waals surface area contributed by atoms with Gasteiger partial charge in [-0.25, -0.2) is 0 Å². The minimum atomic E-state index is -0.311. The zero-order chi connectivity index (χ0) is 15.4. The molecule has 1 unspecified atom stereocenters. The van der Waals surface area contributed by atoms with Gasteiger partial charge >= 0.3 is 0 Å². The lowest BCUT2D eigenvalue weighted by molar-refractivity contribution is 0.0963. The van der Waals surface area contributed by atoms with Gasteiger partial charge in [-0.3, -0.25) is 4.79 Å². The maximum absolute atomic E-state index is 12.6. The highest BCUT2D eigenvalue weighted by Crippen LogP contribution is 2.29. The molecule has 0 aliphatic heterocycles. The molecule has 0 aromatic heterocycles. The van der Waals surface area contributed by atoms with E-state index >= 15 is 0 Å². The molecule has 1 atom stereocenters. The Labute approximate surface area is 123 Å². The van der Waals surface area contributed by atoms with Gasteiger partial charge in [0.05, 0.1) is 19.8 Å². The fourth-order valence-corrected chi connectivity index (χ4v) is 2.16. The van der Waals surface area contributed by atoms with Gasteiger partial charge in [0, 0.05) is 12.0 Å². The Morgan fingerprint density at radius 1 is 1.05 bits per heavy atom. The molecule has 2 rings (SSSR count). The Balaban J connectivity index is 2.30. The van der Waals surface area contributed by atoms with E-state index in [0.717, 1.165) is 11.3 Å². The van der Waals surface area contributed by atoms with Crippen LogP contribution in [0.3, 0.4) is 0 Å². The van der Waals surface area contributed by atoms with Crippen LogP contribution in [-0.4, -0.2) is 25.1 Å². The zero-order valence-electron chi connectivity index (χ0n) is 12.3. The third-order valence-corrected chi connectivity index (χ3v) is 3.46. The Morgan fingerprint density at radius 3 is 2.29 bits per heavy atom. The van der Waals surface area contributed by atoms with Crippen molar-refractivity contribution in [3.8, 4) is 17.2 Å². The molecular weight excluding hydrogens is 268 g/mol. The molecule has 1 N–H and O–H groups in total. The zero-order valence-corrected chi connectivity index (χ0v) is 12.3. The highest BCUT2D eigenvalue weighted by Gasteiger charge is 2.21. The number of methoxy groups -OCH3 is 2. The minimum Gasteiger partial charge on any atom is -0.508 e. The van der Waals surface area contributed by atoms with E-state index in [1.54, 1.807) is 13.2 Å². The SMILES string of the molecule is COc1ccc(C(C)C(=O)c2ccc(O)cc2OC)cc1. The van der Waals surface area contributed by atoms with Crippen LogP contribution >= 0.6 is 0 Å². The first-order valence-corrected chi connectivity index (χ1v) is 6.62. The van der Waals surface area contributed by atoms with Gasteiger partial charge in [-0.1, -0.05) is 19.1 Å². The van der Waals surface area contributed by atoms with E-state index in [2.05, 4.69) is 0 Å². The number of phenols is 1. The van der Waals surface area contributed by atoms with Crippen LogP contribution in [0.4, 0.5) is 0 Å². The van der Waals surface area contributed by atoms with Crippen molar-refractivity contribution in [1.29, 1.82) is 0 Å². The van der Waals surface area contributed by atoms with Crippen molar-refractivity contribution in [2.75, 3.05) is 14.2 Å². The molecule has 4 nitrogen and oxygen atoms in total. The molecule has 4 heteroatoms. The summed E-state index contributed by atoms with van der Waals surface area (Å²) in [6, 6.07) is 11.9. The summed E-state index contributed by atoms with van der Waals surface area (Å²) in [5, 5.41) is 9.46. The number of aromatic hydroxyl groups is 1. The summed E-state index contributed by atoms with van der Waals surface area (Å²) in [6.07, 6.45) is 0. The molecule has 0 saturated heterocycles. The Kier molecular flexibility index (Phi) is 4.48. The Bertz CT molecular complexity index is 632. The third kappa shape index (κ3) is 3.16. The van der Waals surface area contributed by atoms with Gasteiger partial charge < -0.3 is 14.6 Å². The van der Waals surface area contributed by atoms with E-state index in [9.17, 15) is 9.90 Å². The molecule has 21 heavy (non-hydrogen) atoms. The van der Waals surface area contributed by atoms with Crippen LogP contribution in [0.2, 0.25) is 0 Å². The van der Waals surface area contributed by atoms with Crippen molar-refractivity contribution in [2.24, 2.45) is 0 Å². The van der Waals surface area contributed by atoms with E-state index in [1.165, 1.54) is 19.2 Å². The third-order valence-electron chi connectivity index (χ3n) is 3.46. The van der Waals surface area contributed by atoms with Crippen molar-refractivity contribution in [1.82, 2.24) is 0 Å². The predicted octanol–water partition coefficient (Wildman–Crippen LogP) is 3.40. The van der Waals surface area contributed by atoms with Crippen molar-refractivity contribution >= 4 is 5.78 Å². The number of phenolic OH excluding ortho intramolecular Hbond substituents is 1. The Morgan fingerprint density at radius 2 is 1.71 bits per heavy atom. The summed E-state index contributed by atoms with van der Waals surface area (Å²) in [5.74, 6) is 0.827. The van der Waals surface area contributed by atoms with Crippen LogP contribution in [0.15, 0.2) is 42.5 Å². The van der Waals surface area contributed by atoms with E-state index in [-0.39, 0.29) is 17.5 Å². The molecule has 0 radical (unpaired) electrons. The normalized spacial score (nSPS) is 11.8. The standard InChI is InChI=1S/C17H18O4/c1-11(12-4-7-14(20-2)8-5-12)17(19)15-9-6-13(18)10-16(15)21-3/h4-11,18H,1-3H3. The molecule has 2 aromatic carbocycles. The number of carbonyl (C=O) groups is 1. The second-order valence-electron chi connectivity index (χ2n) is 4.74. The average Bonchev–Trinajstić information content (AvgIpc) is 2.53. The molecule has 0 aliphatic rings. The number of Topliss-reactive ketones (excluding diaryl/α,β-unsaturated/α-hetero) is 1. The first-order valence-electron chi connectivity index (χ1n) is 6.62. The lowest BCUT2D eigenvalue weighted by atomic mass is 9.92. The first kappa shape index (κ1) is 14.9. The molecule has 0 amide bonds. The van der Waals surface area contributed by atoms with Crippen LogP contribution in [0, 0.1) is 0 Å². The number of hydrogen-bond donors (Lipinski definition) is 1. The molecular formula is C17H18O4. The molecule has 0 aliphatic carbocycles. The fourth-order valence-electron chi connectivity index (χ4n) is 2.16. The molecule has 0 bridgehead atoms. The van der Waals surface area contributed by atoms with Gasteiger partial charge in [0.15, 0.2) is 5.78 Å². The van der Waals surface area contributed by atoms with E-state index < -0.39 is 0 Å².